The quantitative estimate of drug-likeness (QED) is 0.646. The molecule has 0 bridgehead atoms. The second-order valence-corrected chi connectivity index (χ2v) is 4.58. The first kappa shape index (κ1) is 9.21. The van der Waals surface area contributed by atoms with E-state index in [1.807, 2.05) is 8.96 Å². The maximum absolute atomic E-state index is 5.22. The number of ether oxygens (including phenoxy) is 1. The largest absolute Gasteiger partial charge is 0.497 e. The van der Waals surface area contributed by atoms with Crippen LogP contribution in [0.1, 0.15) is 11.1 Å². The Hall–Kier alpha value is -1.04. The van der Waals surface area contributed by atoms with Gasteiger partial charge in [0.1, 0.15) is 5.75 Å². The average molecular weight is 312 g/mol. The normalized spacial score (nSPS) is 12.4. The van der Waals surface area contributed by atoms with Crippen molar-refractivity contribution in [1.29, 1.82) is 0 Å². The molecule has 3 rings (SSSR count). The van der Waals surface area contributed by atoms with Crippen molar-refractivity contribution in [2.24, 2.45) is 0 Å². The first-order valence-corrected chi connectivity index (χ1v) is 5.66. The Morgan fingerprint density at radius 2 is 2.27 bits per heavy atom. The molecule has 1 heterocycles. The van der Waals surface area contributed by atoms with Crippen molar-refractivity contribution >= 4 is 22.9 Å². The minimum atomic E-state index is 0.893. The number of hydrogen-bond donors (Lipinski definition) is 0. The van der Waals surface area contributed by atoms with Crippen LogP contribution in [0.3, 0.4) is 0 Å². The van der Waals surface area contributed by atoms with Gasteiger partial charge >= 0.3 is 0 Å². The predicted molar refractivity (Wildman–Crippen MR) is 66.4 cm³/mol. The third-order valence-corrected chi connectivity index (χ3v) is 3.21. The van der Waals surface area contributed by atoms with Gasteiger partial charge in [0.05, 0.1) is 35.7 Å². The highest BCUT2D eigenvalue weighted by atomic mass is 127. The highest BCUT2D eigenvalue weighted by Crippen LogP contribution is 2.37. The molecule has 0 spiro atoms. The SMILES string of the molecule is COc1ccc2c(c1)-c1nn(I)cc1C2. The van der Waals surface area contributed by atoms with E-state index >= 15 is 0 Å². The van der Waals surface area contributed by atoms with Crippen LogP contribution in [0.5, 0.6) is 5.75 Å². The smallest absolute Gasteiger partial charge is 0.119 e. The van der Waals surface area contributed by atoms with Gasteiger partial charge in [0.2, 0.25) is 0 Å². The molecule has 0 unspecified atom stereocenters. The Labute approximate surface area is 102 Å². The molecular weight excluding hydrogens is 303 g/mol. The molecular formula is C11H9IN2O. The number of methoxy groups -OCH3 is 1. The Morgan fingerprint density at radius 1 is 1.40 bits per heavy atom. The molecule has 1 aromatic heterocycles. The van der Waals surface area contributed by atoms with Gasteiger partial charge in [0.15, 0.2) is 0 Å². The summed E-state index contributed by atoms with van der Waals surface area (Å²) in [5.41, 5.74) is 4.94. The van der Waals surface area contributed by atoms with Gasteiger partial charge in [-0.05, 0) is 17.7 Å². The van der Waals surface area contributed by atoms with Gasteiger partial charge in [0, 0.05) is 23.7 Å². The van der Waals surface area contributed by atoms with E-state index in [9.17, 15) is 0 Å². The third kappa shape index (κ3) is 1.35. The standard InChI is InChI=1S/C11H9IN2O/c1-15-9-3-2-7-4-8-6-14(12)13-11(8)10(7)5-9/h2-3,5-6H,4H2,1H3. The zero-order valence-electron chi connectivity index (χ0n) is 8.20. The molecule has 1 aliphatic rings. The predicted octanol–water partition coefficient (Wildman–Crippen LogP) is 2.66. The van der Waals surface area contributed by atoms with Gasteiger partial charge in [-0.3, -0.25) is 0 Å². The number of halogens is 1. The fourth-order valence-corrected chi connectivity index (χ4v) is 2.55. The van der Waals surface area contributed by atoms with Crippen LogP contribution < -0.4 is 4.74 Å². The fourth-order valence-electron chi connectivity index (χ4n) is 2.00. The van der Waals surface area contributed by atoms with Gasteiger partial charge in [-0.1, -0.05) is 6.07 Å². The molecule has 0 saturated carbocycles. The van der Waals surface area contributed by atoms with Crippen LogP contribution in [0, 0.1) is 0 Å². The number of nitrogens with zero attached hydrogens (tertiary/aromatic N) is 2. The number of rotatable bonds is 1. The van der Waals surface area contributed by atoms with Gasteiger partial charge in [0.25, 0.3) is 0 Å². The molecule has 1 aromatic carbocycles. The van der Waals surface area contributed by atoms with E-state index in [1.54, 1.807) is 7.11 Å². The first-order valence-electron chi connectivity index (χ1n) is 4.70. The third-order valence-electron chi connectivity index (χ3n) is 2.72. The van der Waals surface area contributed by atoms with E-state index in [0.717, 1.165) is 17.9 Å². The van der Waals surface area contributed by atoms with E-state index in [0.29, 0.717) is 0 Å². The zero-order valence-corrected chi connectivity index (χ0v) is 10.4. The number of hydrogen-bond acceptors (Lipinski definition) is 2. The first-order chi connectivity index (χ1) is 7.28. The Bertz CT molecular complexity index is 533. The lowest BCUT2D eigenvalue weighted by atomic mass is 10.1. The van der Waals surface area contributed by atoms with Gasteiger partial charge in [-0.25, -0.2) is 2.90 Å². The van der Waals surface area contributed by atoms with Crippen molar-refractivity contribution in [1.82, 2.24) is 7.99 Å². The maximum Gasteiger partial charge on any atom is 0.119 e. The molecule has 2 aromatic rings. The van der Waals surface area contributed by atoms with E-state index in [-0.39, 0.29) is 0 Å². The summed E-state index contributed by atoms with van der Waals surface area (Å²) >= 11 is 2.17. The van der Waals surface area contributed by atoms with Crippen LogP contribution in [-0.4, -0.2) is 15.1 Å². The summed E-state index contributed by atoms with van der Waals surface area (Å²) in [5.74, 6) is 0.893. The summed E-state index contributed by atoms with van der Waals surface area (Å²) in [6, 6.07) is 6.18. The van der Waals surface area contributed by atoms with Crippen molar-refractivity contribution in [3.63, 3.8) is 0 Å². The highest BCUT2D eigenvalue weighted by molar-refractivity contribution is 14.1. The monoisotopic (exact) mass is 312 g/mol. The summed E-state index contributed by atoms with van der Waals surface area (Å²) in [6.45, 7) is 0. The summed E-state index contributed by atoms with van der Waals surface area (Å²) in [6.07, 6.45) is 3.06. The second-order valence-electron chi connectivity index (χ2n) is 3.59. The zero-order chi connectivity index (χ0) is 10.4. The van der Waals surface area contributed by atoms with E-state index in [2.05, 4.69) is 46.3 Å². The highest BCUT2D eigenvalue weighted by Gasteiger charge is 2.22. The molecule has 0 saturated heterocycles. The van der Waals surface area contributed by atoms with Crippen LogP contribution in [-0.2, 0) is 6.42 Å². The molecule has 3 nitrogen and oxygen atoms in total. The van der Waals surface area contributed by atoms with E-state index in [1.165, 1.54) is 16.7 Å². The lowest BCUT2D eigenvalue weighted by Crippen LogP contribution is -1.87. The van der Waals surface area contributed by atoms with Crippen molar-refractivity contribution < 1.29 is 4.74 Å². The molecule has 0 radical (unpaired) electrons. The van der Waals surface area contributed by atoms with Crippen molar-refractivity contribution in [3.8, 4) is 17.0 Å². The molecule has 76 valence electrons. The maximum atomic E-state index is 5.22. The number of benzene rings is 1. The van der Waals surface area contributed by atoms with Crippen LogP contribution in [0.2, 0.25) is 0 Å². The Morgan fingerprint density at radius 3 is 3.07 bits per heavy atom. The van der Waals surface area contributed by atoms with Gasteiger partial charge in [-0.15, -0.1) is 0 Å². The summed E-state index contributed by atoms with van der Waals surface area (Å²) in [5, 5.41) is 4.46. The van der Waals surface area contributed by atoms with Crippen molar-refractivity contribution in [3.05, 3.63) is 35.5 Å². The molecule has 0 aliphatic heterocycles. The van der Waals surface area contributed by atoms with Gasteiger partial charge < -0.3 is 4.74 Å². The Balaban J connectivity index is 2.20. The minimum Gasteiger partial charge on any atom is -0.497 e. The summed E-state index contributed by atoms with van der Waals surface area (Å²) in [4.78, 5) is 0. The average Bonchev–Trinajstić information content (AvgIpc) is 2.73. The molecule has 4 heteroatoms. The number of fused-ring (bicyclic) bond motifs is 3. The molecule has 0 fully saturated rings. The van der Waals surface area contributed by atoms with Crippen LogP contribution >= 0.6 is 22.9 Å². The van der Waals surface area contributed by atoms with Crippen LogP contribution in [0.15, 0.2) is 24.4 Å². The molecule has 0 amide bonds. The van der Waals surface area contributed by atoms with Crippen molar-refractivity contribution in [2.75, 3.05) is 7.11 Å². The summed E-state index contributed by atoms with van der Waals surface area (Å²) < 4.78 is 7.06. The van der Waals surface area contributed by atoms with Gasteiger partial charge in [-0.2, -0.15) is 5.10 Å². The lowest BCUT2D eigenvalue weighted by molar-refractivity contribution is 0.415. The van der Waals surface area contributed by atoms with Crippen LogP contribution in [0.25, 0.3) is 11.3 Å². The van der Waals surface area contributed by atoms with E-state index in [4.69, 9.17) is 4.74 Å². The summed E-state index contributed by atoms with van der Waals surface area (Å²) in [7, 11) is 1.69. The molecule has 1 aliphatic carbocycles. The molecule has 0 atom stereocenters. The fraction of sp³-hybridized carbons (Fsp3) is 0.182. The second kappa shape index (κ2) is 3.23. The van der Waals surface area contributed by atoms with Crippen molar-refractivity contribution in [2.45, 2.75) is 6.42 Å². The minimum absolute atomic E-state index is 0.893. The van der Waals surface area contributed by atoms with Crippen LogP contribution in [0.4, 0.5) is 0 Å². The molecule has 15 heavy (non-hydrogen) atoms. The lowest BCUT2D eigenvalue weighted by Gasteiger charge is -2.03. The van der Waals surface area contributed by atoms with E-state index < -0.39 is 0 Å². The Kier molecular flexibility index (Phi) is 1.98. The topological polar surface area (TPSA) is 27.1 Å². The molecule has 0 N–H and O–H groups in total. The number of aromatic nitrogens is 2.